The van der Waals surface area contributed by atoms with Gasteiger partial charge in [0.15, 0.2) is 0 Å². The molecule has 1 rings (SSSR count). The maximum Gasteiger partial charge on any atom is 0.276 e. The Balaban J connectivity index is 2.98. The third-order valence-corrected chi connectivity index (χ3v) is 2.95. The molecule has 0 radical (unpaired) electrons. The Labute approximate surface area is 113 Å². The van der Waals surface area contributed by atoms with E-state index in [4.69, 9.17) is 5.73 Å². The van der Waals surface area contributed by atoms with Crippen LogP contribution in [0.25, 0.3) is 0 Å². The predicted molar refractivity (Wildman–Crippen MR) is 77.3 cm³/mol. The molecule has 0 aliphatic heterocycles. The van der Waals surface area contributed by atoms with E-state index in [2.05, 4.69) is 16.8 Å². The molecule has 0 aliphatic rings. The average Bonchev–Trinajstić information content (AvgIpc) is 2.33. The van der Waals surface area contributed by atoms with E-state index in [0.717, 1.165) is 25.8 Å². The van der Waals surface area contributed by atoms with Crippen LogP contribution in [0.2, 0.25) is 0 Å². The van der Waals surface area contributed by atoms with Gasteiger partial charge in [-0.2, -0.15) is 0 Å². The maximum absolute atomic E-state index is 10.9. The number of pyridine rings is 1. The van der Waals surface area contributed by atoms with Crippen molar-refractivity contribution in [3.05, 3.63) is 22.2 Å². The number of hydrogen-bond donors (Lipinski definition) is 1. The van der Waals surface area contributed by atoms with Gasteiger partial charge in [0.05, 0.1) is 17.1 Å². The second kappa shape index (κ2) is 6.92. The summed E-state index contributed by atoms with van der Waals surface area (Å²) in [6.45, 7) is 7.06. The number of nitrogen functional groups attached to an aromatic ring is 1. The Hall–Kier alpha value is -1.85. The molecule has 0 aliphatic carbocycles. The zero-order valence-electron chi connectivity index (χ0n) is 11.8. The fourth-order valence-electron chi connectivity index (χ4n) is 1.94. The lowest BCUT2D eigenvalue weighted by Crippen LogP contribution is -2.32. The molecule has 0 saturated carbocycles. The monoisotopic (exact) mass is 266 g/mol. The van der Waals surface area contributed by atoms with Gasteiger partial charge in [0, 0.05) is 12.6 Å². The van der Waals surface area contributed by atoms with Gasteiger partial charge in [0.2, 0.25) is 0 Å². The maximum atomic E-state index is 10.9. The molecule has 0 atom stereocenters. The lowest BCUT2D eigenvalue weighted by Gasteiger charge is -2.27. The Kier molecular flexibility index (Phi) is 5.54. The van der Waals surface area contributed by atoms with Crippen molar-refractivity contribution in [2.45, 2.75) is 46.1 Å². The standard InChI is InChI=1S/C13H22N4O2/c1-4-5-6-7-16(10(2)3)13-9-11(17(18)19)8-12(14)15-13/h8-10H,4-7H2,1-3H3,(H2,14,15). The molecule has 0 amide bonds. The molecular weight excluding hydrogens is 244 g/mol. The molecule has 0 unspecified atom stereocenters. The summed E-state index contributed by atoms with van der Waals surface area (Å²) in [6, 6.07) is 3.00. The van der Waals surface area contributed by atoms with Crippen LogP contribution < -0.4 is 10.6 Å². The first kappa shape index (κ1) is 15.2. The van der Waals surface area contributed by atoms with Gasteiger partial charge < -0.3 is 10.6 Å². The van der Waals surface area contributed by atoms with Gasteiger partial charge in [-0.05, 0) is 20.3 Å². The Bertz CT molecular complexity index is 435. The Morgan fingerprint density at radius 3 is 2.63 bits per heavy atom. The first-order chi connectivity index (χ1) is 8.95. The van der Waals surface area contributed by atoms with Crippen molar-refractivity contribution >= 4 is 17.3 Å². The van der Waals surface area contributed by atoms with E-state index >= 15 is 0 Å². The van der Waals surface area contributed by atoms with Crippen molar-refractivity contribution in [3.8, 4) is 0 Å². The number of anilines is 2. The summed E-state index contributed by atoms with van der Waals surface area (Å²) in [4.78, 5) is 16.7. The van der Waals surface area contributed by atoms with Gasteiger partial charge in [0.25, 0.3) is 5.69 Å². The number of nitro groups is 1. The first-order valence-electron chi connectivity index (χ1n) is 6.64. The highest BCUT2D eigenvalue weighted by molar-refractivity contribution is 5.54. The highest BCUT2D eigenvalue weighted by Gasteiger charge is 2.16. The fraction of sp³-hybridized carbons (Fsp3) is 0.615. The van der Waals surface area contributed by atoms with Crippen LogP contribution in [0, 0.1) is 10.1 Å². The van der Waals surface area contributed by atoms with Crippen molar-refractivity contribution < 1.29 is 4.92 Å². The molecule has 0 fully saturated rings. The van der Waals surface area contributed by atoms with E-state index in [9.17, 15) is 10.1 Å². The normalized spacial score (nSPS) is 10.7. The minimum atomic E-state index is -0.438. The fourth-order valence-corrected chi connectivity index (χ4v) is 1.94. The van der Waals surface area contributed by atoms with Crippen molar-refractivity contribution in [2.24, 2.45) is 0 Å². The number of aromatic nitrogens is 1. The molecule has 0 bridgehead atoms. The van der Waals surface area contributed by atoms with E-state index < -0.39 is 4.92 Å². The van der Waals surface area contributed by atoms with E-state index in [1.54, 1.807) is 0 Å². The van der Waals surface area contributed by atoms with Crippen molar-refractivity contribution in [2.75, 3.05) is 17.2 Å². The van der Waals surface area contributed by atoms with Gasteiger partial charge in [-0.1, -0.05) is 19.8 Å². The van der Waals surface area contributed by atoms with Crippen LogP contribution in [0.1, 0.15) is 40.0 Å². The lowest BCUT2D eigenvalue weighted by atomic mass is 10.2. The number of nitrogens with zero attached hydrogens (tertiary/aromatic N) is 3. The number of hydrogen-bond acceptors (Lipinski definition) is 5. The molecule has 19 heavy (non-hydrogen) atoms. The minimum Gasteiger partial charge on any atom is -0.383 e. The van der Waals surface area contributed by atoms with Gasteiger partial charge in [0.1, 0.15) is 11.6 Å². The van der Waals surface area contributed by atoms with E-state index in [1.807, 2.05) is 13.8 Å². The highest BCUT2D eigenvalue weighted by atomic mass is 16.6. The van der Waals surface area contributed by atoms with Crippen molar-refractivity contribution in [1.29, 1.82) is 0 Å². The molecule has 1 aromatic heterocycles. The SMILES string of the molecule is CCCCCN(c1cc([N+](=O)[O-])cc(N)n1)C(C)C. The van der Waals surface area contributed by atoms with Crippen LogP contribution >= 0.6 is 0 Å². The topological polar surface area (TPSA) is 85.3 Å². The summed E-state index contributed by atoms with van der Waals surface area (Å²) >= 11 is 0. The quantitative estimate of drug-likeness (QED) is 0.466. The second-order valence-corrected chi connectivity index (χ2v) is 4.86. The molecule has 0 saturated heterocycles. The zero-order valence-corrected chi connectivity index (χ0v) is 11.8. The third-order valence-electron chi connectivity index (χ3n) is 2.95. The van der Waals surface area contributed by atoms with Crippen LogP contribution in [0.4, 0.5) is 17.3 Å². The van der Waals surface area contributed by atoms with Crippen LogP contribution in [0.3, 0.4) is 0 Å². The van der Waals surface area contributed by atoms with Gasteiger partial charge in [-0.3, -0.25) is 10.1 Å². The van der Waals surface area contributed by atoms with E-state index in [-0.39, 0.29) is 17.5 Å². The third kappa shape index (κ3) is 4.39. The van der Waals surface area contributed by atoms with E-state index in [0.29, 0.717) is 5.82 Å². The van der Waals surface area contributed by atoms with E-state index in [1.165, 1.54) is 12.1 Å². The molecule has 1 heterocycles. The molecule has 106 valence electrons. The smallest absolute Gasteiger partial charge is 0.276 e. The van der Waals surface area contributed by atoms with Crippen LogP contribution in [-0.4, -0.2) is 22.5 Å². The van der Waals surface area contributed by atoms with Crippen LogP contribution in [-0.2, 0) is 0 Å². The summed E-state index contributed by atoms with van der Waals surface area (Å²) in [5.74, 6) is 0.767. The van der Waals surface area contributed by atoms with Crippen molar-refractivity contribution in [1.82, 2.24) is 4.98 Å². The number of rotatable bonds is 7. The first-order valence-corrected chi connectivity index (χ1v) is 6.64. The van der Waals surface area contributed by atoms with Crippen molar-refractivity contribution in [3.63, 3.8) is 0 Å². The predicted octanol–water partition coefficient (Wildman–Crippen LogP) is 2.98. The lowest BCUT2D eigenvalue weighted by molar-refractivity contribution is -0.384. The molecule has 0 spiro atoms. The zero-order chi connectivity index (χ0) is 14.4. The Morgan fingerprint density at radius 1 is 1.42 bits per heavy atom. The molecule has 2 N–H and O–H groups in total. The summed E-state index contributed by atoms with van der Waals surface area (Å²) in [5, 5.41) is 10.9. The Morgan fingerprint density at radius 2 is 2.11 bits per heavy atom. The van der Waals surface area contributed by atoms with Gasteiger partial charge in [-0.25, -0.2) is 4.98 Å². The molecule has 6 nitrogen and oxygen atoms in total. The summed E-state index contributed by atoms with van der Waals surface area (Å²) in [7, 11) is 0. The van der Waals surface area contributed by atoms with Gasteiger partial charge in [-0.15, -0.1) is 0 Å². The summed E-state index contributed by atoms with van der Waals surface area (Å²) in [6.07, 6.45) is 3.31. The van der Waals surface area contributed by atoms with Crippen LogP contribution in [0.5, 0.6) is 0 Å². The second-order valence-electron chi connectivity index (χ2n) is 4.86. The average molecular weight is 266 g/mol. The highest BCUT2D eigenvalue weighted by Crippen LogP contribution is 2.23. The molecule has 6 heteroatoms. The molecule has 1 aromatic rings. The molecular formula is C13H22N4O2. The molecule has 0 aromatic carbocycles. The number of nitrogens with two attached hydrogens (primary N) is 1. The number of unbranched alkanes of at least 4 members (excludes halogenated alkanes) is 2. The summed E-state index contributed by atoms with van der Waals surface area (Å²) in [5.41, 5.74) is 5.64. The van der Waals surface area contributed by atoms with Crippen LogP contribution in [0.15, 0.2) is 12.1 Å². The summed E-state index contributed by atoms with van der Waals surface area (Å²) < 4.78 is 0. The van der Waals surface area contributed by atoms with Gasteiger partial charge >= 0.3 is 0 Å². The largest absolute Gasteiger partial charge is 0.383 e. The minimum absolute atomic E-state index is 0.0105.